The molecule has 7 nitrogen and oxygen atoms in total. The summed E-state index contributed by atoms with van der Waals surface area (Å²) in [5.74, 6) is 1.50. The van der Waals surface area contributed by atoms with Gasteiger partial charge in [0.05, 0.1) is 5.39 Å². The summed E-state index contributed by atoms with van der Waals surface area (Å²) in [4.78, 5) is 20.8. The molecule has 0 bridgehead atoms. The zero-order chi connectivity index (χ0) is 16.5. The van der Waals surface area contributed by atoms with Crippen molar-refractivity contribution < 1.29 is 4.42 Å². The Labute approximate surface area is 136 Å². The van der Waals surface area contributed by atoms with E-state index in [1.54, 1.807) is 35.4 Å². The van der Waals surface area contributed by atoms with Crippen molar-refractivity contribution in [3.8, 4) is 11.3 Å². The summed E-state index contributed by atoms with van der Waals surface area (Å²) in [6.45, 7) is 0. The average Bonchev–Trinajstić information content (AvgIpc) is 3.01. The topological polar surface area (TPSA) is 85.8 Å². The fourth-order valence-corrected chi connectivity index (χ4v) is 2.42. The maximum atomic E-state index is 12.4. The maximum absolute atomic E-state index is 12.4. The third-order valence-electron chi connectivity index (χ3n) is 3.55. The Morgan fingerprint density at radius 2 is 2.12 bits per heavy atom. The van der Waals surface area contributed by atoms with E-state index in [-0.39, 0.29) is 5.43 Å². The lowest BCUT2D eigenvalue weighted by molar-refractivity contribution is 0.618. The minimum absolute atomic E-state index is 0.137. The van der Waals surface area contributed by atoms with E-state index in [9.17, 15) is 4.79 Å². The molecule has 24 heavy (non-hydrogen) atoms. The van der Waals surface area contributed by atoms with Crippen molar-refractivity contribution in [3.05, 3.63) is 65.3 Å². The SMILES string of the molecule is Cn1ccc(Nc2nccc3c(=O)cc(-c4cccnc4)oc23)n1. The lowest BCUT2D eigenvalue weighted by Crippen LogP contribution is -2.04. The molecule has 4 heterocycles. The molecule has 4 aromatic heterocycles. The molecule has 7 heteroatoms. The van der Waals surface area contributed by atoms with Gasteiger partial charge in [0.25, 0.3) is 0 Å². The number of anilines is 2. The third kappa shape index (κ3) is 2.52. The van der Waals surface area contributed by atoms with Crippen LogP contribution in [0.25, 0.3) is 22.3 Å². The van der Waals surface area contributed by atoms with Crippen LogP contribution in [-0.4, -0.2) is 19.7 Å². The van der Waals surface area contributed by atoms with Crippen LogP contribution in [0.3, 0.4) is 0 Å². The van der Waals surface area contributed by atoms with Gasteiger partial charge < -0.3 is 9.73 Å². The summed E-state index contributed by atoms with van der Waals surface area (Å²) < 4.78 is 7.61. The molecule has 0 saturated carbocycles. The van der Waals surface area contributed by atoms with Crippen LogP contribution in [0.5, 0.6) is 0 Å². The minimum atomic E-state index is -0.137. The number of hydrogen-bond acceptors (Lipinski definition) is 6. The standard InChI is InChI=1S/C17H13N5O2/c1-22-8-5-15(21-22)20-17-16-12(4-7-19-17)13(23)9-14(24-16)11-3-2-6-18-10-11/h2-10H,1H3,(H,19,20,21). The van der Waals surface area contributed by atoms with Crippen molar-refractivity contribution in [1.29, 1.82) is 0 Å². The Bertz CT molecular complexity index is 1070. The summed E-state index contributed by atoms with van der Waals surface area (Å²) in [6, 6.07) is 8.53. The summed E-state index contributed by atoms with van der Waals surface area (Å²) in [6.07, 6.45) is 6.68. The van der Waals surface area contributed by atoms with Gasteiger partial charge in [-0.05, 0) is 18.2 Å². The lowest BCUT2D eigenvalue weighted by Gasteiger charge is -2.07. The Balaban J connectivity index is 1.88. The zero-order valence-corrected chi connectivity index (χ0v) is 12.8. The first-order chi connectivity index (χ1) is 11.7. The molecule has 0 aliphatic carbocycles. The molecule has 118 valence electrons. The van der Waals surface area contributed by atoms with E-state index in [1.165, 1.54) is 6.07 Å². The van der Waals surface area contributed by atoms with Crippen LogP contribution in [0.15, 0.2) is 64.3 Å². The molecule has 0 fully saturated rings. The molecule has 0 amide bonds. The minimum Gasteiger partial charge on any atom is -0.452 e. The number of hydrogen-bond donors (Lipinski definition) is 1. The van der Waals surface area contributed by atoms with E-state index in [1.807, 2.05) is 25.4 Å². The van der Waals surface area contributed by atoms with Crippen molar-refractivity contribution >= 4 is 22.6 Å². The van der Waals surface area contributed by atoms with Crippen LogP contribution < -0.4 is 10.7 Å². The monoisotopic (exact) mass is 319 g/mol. The first-order valence-electron chi connectivity index (χ1n) is 7.30. The Hall–Kier alpha value is -3.48. The number of aromatic nitrogens is 4. The van der Waals surface area contributed by atoms with E-state index in [4.69, 9.17) is 4.42 Å². The highest BCUT2D eigenvalue weighted by atomic mass is 16.3. The molecule has 0 radical (unpaired) electrons. The van der Waals surface area contributed by atoms with Gasteiger partial charge in [-0.1, -0.05) is 0 Å². The van der Waals surface area contributed by atoms with Crippen molar-refractivity contribution in [2.24, 2.45) is 7.05 Å². The Morgan fingerprint density at radius 1 is 1.21 bits per heavy atom. The second kappa shape index (κ2) is 5.62. The molecule has 1 N–H and O–H groups in total. The molecule has 4 aromatic rings. The van der Waals surface area contributed by atoms with Crippen molar-refractivity contribution in [3.63, 3.8) is 0 Å². The first kappa shape index (κ1) is 14.1. The van der Waals surface area contributed by atoms with E-state index in [2.05, 4.69) is 20.4 Å². The molecular weight excluding hydrogens is 306 g/mol. The van der Waals surface area contributed by atoms with Crippen LogP contribution in [0.1, 0.15) is 0 Å². The van der Waals surface area contributed by atoms with E-state index < -0.39 is 0 Å². The van der Waals surface area contributed by atoms with Crippen LogP contribution in [0.4, 0.5) is 11.6 Å². The molecule has 0 aliphatic rings. The van der Waals surface area contributed by atoms with E-state index >= 15 is 0 Å². The largest absolute Gasteiger partial charge is 0.452 e. The number of rotatable bonds is 3. The smallest absolute Gasteiger partial charge is 0.193 e. The Kier molecular flexibility index (Phi) is 3.31. The third-order valence-corrected chi connectivity index (χ3v) is 3.55. The highest BCUT2D eigenvalue weighted by molar-refractivity contribution is 5.88. The highest BCUT2D eigenvalue weighted by Crippen LogP contribution is 2.26. The van der Waals surface area contributed by atoms with Gasteiger partial charge in [-0.2, -0.15) is 5.10 Å². The van der Waals surface area contributed by atoms with E-state index in [0.29, 0.717) is 28.4 Å². The van der Waals surface area contributed by atoms with Gasteiger partial charge in [0.2, 0.25) is 0 Å². The van der Waals surface area contributed by atoms with Gasteiger partial charge in [0, 0.05) is 49.5 Å². The summed E-state index contributed by atoms with van der Waals surface area (Å²) in [7, 11) is 1.82. The second-order valence-corrected chi connectivity index (χ2v) is 5.25. The van der Waals surface area contributed by atoms with Crippen molar-refractivity contribution in [1.82, 2.24) is 19.7 Å². The Morgan fingerprint density at radius 3 is 2.88 bits per heavy atom. The van der Waals surface area contributed by atoms with E-state index in [0.717, 1.165) is 5.56 Å². The van der Waals surface area contributed by atoms with Crippen LogP contribution in [-0.2, 0) is 7.05 Å². The van der Waals surface area contributed by atoms with Crippen LogP contribution >= 0.6 is 0 Å². The molecule has 0 spiro atoms. The predicted octanol–water partition coefficient (Wildman–Crippen LogP) is 2.73. The molecule has 0 atom stereocenters. The summed E-state index contributed by atoms with van der Waals surface area (Å²) in [5.41, 5.74) is 0.972. The zero-order valence-electron chi connectivity index (χ0n) is 12.8. The number of nitrogens with zero attached hydrogens (tertiary/aromatic N) is 4. The molecule has 0 unspecified atom stereocenters. The summed E-state index contributed by atoms with van der Waals surface area (Å²) >= 11 is 0. The van der Waals surface area contributed by atoms with Crippen molar-refractivity contribution in [2.45, 2.75) is 0 Å². The molecule has 0 aliphatic heterocycles. The molecular formula is C17H13N5O2. The number of nitrogens with one attached hydrogen (secondary N) is 1. The fraction of sp³-hybridized carbons (Fsp3) is 0.0588. The van der Waals surface area contributed by atoms with Gasteiger partial charge >= 0.3 is 0 Å². The van der Waals surface area contributed by atoms with Gasteiger partial charge in [-0.3, -0.25) is 14.5 Å². The van der Waals surface area contributed by atoms with Gasteiger partial charge in [0.1, 0.15) is 5.76 Å². The predicted molar refractivity (Wildman–Crippen MR) is 90.0 cm³/mol. The highest BCUT2D eigenvalue weighted by Gasteiger charge is 2.12. The van der Waals surface area contributed by atoms with Gasteiger partial charge in [-0.15, -0.1) is 0 Å². The molecule has 0 saturated heterocycles. The first-order valence-corrected chi connectivity index (χ1v) is 7.30. The maximum Gasteiger partial charge on any atom is 0.193 e. The lowest BCUT2D eigenvalue weighted by atomic mass is 10.2. The normalized spacial score (nSPS) is 10.9. The van der Waals surface area contributed by atoms with Crippen LogP contribution in [0.2, 0.25) is 0 Å². The number of fused-ring (bicyclic) bond motifs is 1. The number of pyridine rings is 2. The summed E-state index contributed by atoms with van der Waals surface area (Å²) in [5, 5.41) is 7.79. The molecule has 0 aromatic carbocycles. The molecule has 4 rings (SSSR count). The fourth-order valence-electron chi connectivity index (χ4n) is 2.42. The number of aryl methyl sites for hydroxylation is 1. The average molecular weight is 319 g/mol. The van der Waals surface area contributed by atoms with Crippen LogP contribution in [0, 0.1) is 0 Å². The quantitative estimate of drug-likeness (QED) is 0.625. The van der Waals surface area contributed by atoms with Crippen molar-refractivity contribution in [2.75, 3.05) is 5.32 Å². The van der Waals surface area contributed by atoms with Gasteiger partial charge in [-0.25, -0.2) is 4.98 Å². The second-order valence-electron chi connectivity index (χ2n) is 5.25. The van der Waals surface area contributed by atoms with Gasteiger partial charge in [0.15, 0.2) is 22.6 Å².